The molecule has 0 bridgehead atoms. The molecule has 1 aliphatic heterocycles. The highest BCUT2D eigenvalue weighted by Crippen LogP contribution is 2.26. The van der Waals surface area contributed by atoms with Crippen LogP contribution in [0.15, 0.2) is 48.5 Å². The summed E-state index contributed by atoms with van der Waals surface area (Å²) in [6.07, 6.45) is 0.671. The molecule has 1 aliphatic rings. The first-order chi connectivity index (χ1) is 16.8. The number of esters is 3. The van der Waals surface area contributed by atoms with Gasteiger partial charge in [0.15, 0.2) is 6.61 Å². The van der Waals surface area contributed by atoms with Crippen molar-refractivity contribution < 1.29 is 38.2 Å². The van der Waals surface area contributed by atoms with Gasteiger partial charge in [-0.3, -0.25) is 14.4 Å². The molecule has 1 unspecified atom stereocenters. The summed E-state index contributed by atoms with van der Waals surface area (Å²) in [5, 5.41) is 2.58. The molecule has 0 spiro atoms. The summed E-state index contributed by atoms with van der Waals surface area (Å²) in [6.45, 7) is 1.81. The molecule has 0 saturated carbocycles. The molecule has 1 atom stereocenters. The van der Waals surface area contributed by atoms with Gasteiger partial charge in [-0.1, -0.05) is 6.92 Å². The van der Waals surface area contributed by atoms with Crippen molar-refractivity contribution in [1.29, 1.82) is 0 Å². The number of rotatable bonds is 9. The van der Waals surface area contributed by atoms with Crippen LogP contribution in [-0.4, -0.2) is 56.6 Å². The maximum Gasteiger partial charge on any atom is 0.338 e. The number of carbonyl (C=O) groups excluding carboxylic acids is 5. The van der Waals surface area contributed by atoms with E-state index >= 15 is 0 Å². The van der Waals surface area contributed by atoms with Gasteiger partial charge in [0.05, 0.1) is 30.8 Å². The topological polar surface area (TPSA) is 128 Å². The van der Waals surface area contributed by atoms with Crippen molar-refractivity contribution in [3.05, 3.63) is 59.7 Å². The zero-order chi connectivity index (χ0) is 25.4. The maximum atomic E-state index is 12.4. The first-order valence-corrected chi connectivity index (χ1v) is 11.0. The Hall–Kier alpha value is -4.21. The minimum absolute atomic E-state index is 0.0468. The molecule has 1 N–H and O–H groups in total. The Morgan fingerprint density at radius 3 is 2.20 bits per heavy atom. The Balaban J connectivity index is 1.48. The molecule has 0 aliphatic carbocycles. The van der Waals surface area contributed by atoms with Crippen LogP contribution in [0.4, 0.5) is 11.4 Å². The minimum atomic E-state index is -0.719. The molecule has 0 aromatic heterocycles. The van der Waals surface area contributed by atoms with Crippen LogP contribution < -0.4 is 10.2 Å². The molecule has 2 aromatic carbocycles. The van der Waals surface area contributed by atoms with E-state index in [9.17, 15) is 24.0 Å². The van der Waals surface area contributed by atoms with Gasteiger partial charge < -0.3 is 24.4 Å². The van der Waals surface area contributed by atoms with Gasteiger partial charge in [0.25, 0.3) is 5.91 Å². The molecule has 2 aromatic rings. The van der Waals surface area contributed by atoms with Crippen LogP contribution >= 0.6 is 0 Å². The molecular formula is C25H26N2O8. The van der Waals surface area contributed by atoms with Gasteiger partial charge in [0.1, 0.15) is 0 Å². The molecule has 1 fully saturated rings. The number of hydrogen-bond acceptors (Lipinski definition) is 8. The predicted octanol–water partition coefficient (Wildman–Crippen LogP) is 2.57. The third-order valence-corrected chi connectivity index (χ3v) is 5.25. The SMILES string of the molecule is CCCOC(=O)c1ccc(NC(=O)COC(=O)C2CC(=O)N(c3ccc(C(=O)OC)cc3)C2)cc1. The summed E-state index contributed by atoms with van der Waals surface area (Å²) in [5.41, 5.74) is 1.67. The normalized spacial score (nSPS) is 14.9. The molecule has 0 radical (unpaired) electrons. The smallest absolute Gasteiger partial charge is 0.338 e. The van der Waals surface area contributed by atoms with E-state index < -0.39 is 36.3 Å². The second-order valence-corrected chi connectivity index (χ2v) is 7.81. The molecule has 1 saturated heterocycles. The van der Waals surface area contributed by atoms with Crippen LogP contribution in [0.3, 0.4) is 0 Å². The van der Waals surface area contributed by atoms with Crippen LogP contribution in [0.25, 0.3) is 0 Å². The summed E-state index contributed by atoms with van der Waals surface area (Å²) in [7, 11) is 1.28. The summed E-state index contributed by atoms with van der Waals surface area (Å²) in [5.74, 6) is -3.13. The Bertz CT molecular complexity index is 1100. The quantitative estimate of drug-likeness (QED) is 0.427. The summed E-state index contributed by atoms with van der Waals surface area (Å²) < 4.78 is 14.8. The average Bonchev–Trinajstić information content (AvgIpc) is 3.27. The number of amides is 2. The number of nitrogens with zero attached hydrogens (tertiary/aromatic N) is 1. The van der Waals surface area contributed by atoms with Crippen molar-refractivity contribution in [1.82, 2.24) is 0 Å². The third-order valence-electron chi connectivity index (χ3n) is 5.25. The Morgan fingerprint density at radius 1 is 0.943 bits per heavy atom. The molecule has 35 heavy (non-hydrogen) atoms. The van der Waals surface area contributed by atoms with E-state index in [1.807, 2.05) is 6.92 Å². The van der Waals surface area contributed by atoms with E-state index in [1.54, 1.807) is 24.3 Å². The van der Waals surface area contributed by atoms with E-state index in [2.05, 4.69) is 10.1 Å². The average molecular weight is 482 g/mol. The highest BCUT2D eigenvalue weighted by Gasteiger charge is 2.36. The number of hydrogen-bond donors (Lipinski definition) is 1. The molecular weight excluding hydrogens is 456 g/mol. The summed E-state index contributed by atoms with van der Waals surface area (Å²) in [4.78, 5) is 61.8. The van der Waals surface area contributed by atoms with Crippen molar-refractivity contribution in [3.8, 4) is 0 Å². The summed E-state index contributed by atoms with van der Waals surface area (Å²) >= 11 is 0. The highest BCUT2D eigenvalue weighted by molar-refractivity contribution is 6.00. The van der Waals surface area contributed by atoms with E-state index in [0.717, 1.165) is 6.42 Å². The number of benzene rings is 2. The molecule has 1 heterocycles. The molecule has 184 valence electrons. The standard InChI is InChI=1S/C25H26N2O8/c1-3-12-34-24(31)17-4-8-19(9-5-17)26-21(28)15-35-25(32)18-13-22(29)27(14-18)20-10-6-16(7-11-20)23(30)33-2/h4-11,18H,3,12-15H2,1-2H3,(H,26,28). The highest BCUT2D eigenvalue weighted by atomic mass is 16.5. The minimum Gasteiger partial charge on any atom is -0.465 e. The first kappa shape index (κ1) is 25.4. The van der Waals surface area contributed by atoms with Crippen LogP contribution in [0, 0.1) is 5.92 Å². The van der Waals surface area contributed by atoms with Crippen molar-refractivity contribution in [2.24, 2.45) is 5.92 Å². The summed E-state index contributed by atoms with van der Waals surface area (Å²) in [6, 6.07) is 12.4. The van der Waals surface area contributed by atoms with Gasteiger partial charge >= 0.3 is 17.9 Å². The van der Waals surface area contributed by atoms with Gasteiger partial charge in [-0.05, 0) is 55.0 Å². The van der Waals surface area contributed by atoms with E-state index in [4.69, 9.17) is 9.47 Å². The fourth-order valence-corrected chi connectivity index (χ4v) is 3.43. The number of ether oxygens (including phenoxy) is 3. The molecule has 10 nitrogen and oxygen atoms in total. The van der Waals surface area contributed by atoms with Crippen LogP contribution in [0.5, 0.6) is 0 Å². The van der Waals surface area contributed by atoms with Crippen molar-refractivity contribution in [2.75, 3.05) is 37.1 Å². The number of nitrogens with one attached hydrogen (secondary N) is 1. The van der Waals surface area contributed by atoms with Crippen molar-refractivity contribution in [3.63, 3.8) is 0 Å². The van der Waals surface area contributed by atoms with Gasteiger partial charge in [0.2, 0.25) is 5.91 Å². The Morgan fingerprint density at radius 2 is 1.57 bits per heavy atom. The van der Waals surface area contributed by atoms with Gasteiger partial charge in [0, 0.05) is 24.3 Å². The fourth-order valence-electron chi connectivity index (χ4n) is 3.43. The van der Waals surface area contributed by atoms with Crippen molar-refractivity contribution in [2.45, 2.75) is 19.8 Å². The lowest BCUT2D eigenvalue weighted by Crippen LogP contribution is -2.28. The van der Waals surface area contributed by atoms with Gasteiger partial charge in [-0.2, -0.15) is 0 Å². The van der Waals surface area contributed by atoms with Crippen LogP contribution in [-0.2, 0) is 28.6 Å². The number of methoxy groups -OCH3 is 1. The van der Waals surface area contributed by atoms with E-state index in [-0.39, 0.29) is 18.9 Å². The van der Waals surface area contributed by atoms with Gasteiger partial charge in [-0.15, -0.1) is 0 Å². The zero-order valence-corrected chi connectivity index (χ0v) is 19.4. The van der Waals surface area contributed by atoms with Crippen LogP contribution in [0.2, 0.25) is 0 Å². The second-order valence-electron chi connectivity index (χ2n) is 7.81. The fraction of sp³-hybridized carbons (Fsp3) is 0.320. The van der Waals surface area contributed by atoms with Crippen molar-refractivity contribution >= 4 is 41.1 Å². The third kappa shape index (κ3) is 6.66. The maximum absolute atomic E-state index is 12.4. The zero-order valence-electron chi connectivity index (χ0n) is 19.4. The Labute approximate surface area is 202 Å². The lowest BCUT2D eigenvalue weighted by Gasteiger charge is -2.16. The molecule has 2 amide bonds. The molecule has 10 heteroatoms. The number of carbonyl (C=O) groups is 5. The monoisotopic (exact) mass is 482 g/mol. The second kappa shape index (κ2) is 11.8. The predicted molar refractivity (Wildman–Crippen MR) is 125 cm³/mol. The van der Waals surface area contributed by atoms with E-state index in [0.29, 0.717) is 29.1 Å². The van der Waals surface area contributed by atoms with Crippen LogP contribution in [0.1, 0.15) is 40.5 Å². The van der Waals surface area contributed by atoms with Gasteiger partial charge in [-0.25, -0.2) is 9.59 Å². The largest absolute Gasteiger partial charge is 0.465 e. The lowest BCUT2D eigenvalue weighted by atomic mass is 10.1. The Kier molecular flexibility index (Phi) is 8.55. The lowest BCUT2D eigenvalue weighted by molar-refractivity contribution is -0.151. The number of anilines is 2. The molecule has 3 rings (SSSR count). The van der Waals surface area contributed by atoms with E-state index in [1.165, 1.54) is 36.3 Å². The first-order valence-electron chi connectivity index (χ1n) is 11.0.